The highest BCUT2D eigenvalue weighted by Crippen LogP contribution is 2.66. The van der Waals surface area contributed by atoms with Gasteiger partial charge in [0.05, 0.1) is 12.2 Å². The summed E-state index contributed by atoms with van der Waals surface area (Å²) in [6, 6.07) is 0. The predicted octanol–water partition coefficient (Wildman–Crippen LogP) is 2.09. The highest BCUT2D eigenvalue weighted by Gasteiger charge is 2.67. The smallest absolute Gasteiger partial charge is 0.146 e. The molecule has 2 fully saturated rings. The number of fused-ring (bicyclic) bond motifs is 5. The van der Waals surface area contributed by atoms with Crippen molar-refractivity contribution in [2.75, 3.05) is 0 Å². The molecule has 0 aromatic carbocycles. The van der Waals surface area contributed by atoms with E-state index in [4.69, 9.17) is 4.74 Å². The molecule has 0 aromatic heterocycles. The average molecular weight is 192 g/mol. The first-order chi connectivity index (χ1) is 6.63. The number of rotatable bonds is 1. The van der Waals surface area contributed by atoms with Crippen LogP contribution in [0.1, 0.15) is 33.1 Å². The van der Waals surface area contributed by atoms with E-state index in [1.165, 1.54) is 6.42 Å². The van der Waals surface area contributed by atoms with Crippen LogP contribution in [-0.4, -0.2) is 18.5 Å². The maximum Gasteiger partial charge on any atom is 0.146 e. The molecule has 4 unspecified atom stereocenters. The first-order valence-corrected chi connectivity index (χ1v) is 5.44. The van der Waals surface area contributed by atoms with E-state index in [0.29, 0.717) is 6.10 Å². The van der Waals surface area contributed by atoms with Crippen LogP contribution in [0.3, 0.4) is 0 Å². The van der Waals surface area contributed by atoms with Gasteiger partial charge in [-0.3, -0.25) is 4.79 Å². The molecule has 1 aliphatic carbocycles. The lowest BCUT2D eigenvalue weighted by Gasteiger charge is -2.42. The fraction of sp³-hybridized carbons (Fsp3) is 0.750. The molecular formula is C12H16O2. The van der Waals surface area contributed by atoms with E-state index in [0.717, 1.165) is 24.7 Å². The van der Waals surface area contributed by atoms with E-state index in [1.54, 1.807) is 0 Å². The molecule has 0 radical (unpaired) electrons. The van der Waals surface area contributed by atoms with Gasteiger partial charge in [-0.1, -0.05) is 19.9 Å². The lowest BCUT2D eigenvalue weighted by atomic mass is 9.57. The number of hydrogen-bond acceptors (Lipinski definition) is 2. The third kappa shape index (κ3) is 0.650. The van der Waals surface area contributed by atoms with Gasteiger partial charge in [-0.15, -0.1) is 0 Å². The van der Waals surface area contributed by atoms with Crippen LogP contribution in [0.25, 0.3) is 0 Å². The molecule has 2 saturated heterocycles. The maximum absolute atomic E-state index is 11.0. The summed E-state index contributed by atoms with van der Waals surface area (Å²) in [5, 5.41) is 0. The van der Waals surface area contributed by atoms with Crippen LogP contribution in [0.5, 0.6) is 0 Å². The molecule has 0 aromatic rings. The van der Waals surface area contributed by atoms with Crippen LogP contribution in [0.15, 0.2) is 11.6 Å². The topological polar surface area (TPSA) is 26.3 Å². The molecule has 0 saturated carbocycles. The molecule has 3 rings (SSSR count). The molecule has 4 atom stereocenters. The third-order valence-electron chi connectivity index (χ3n) is 5.03. The molecule has 2 aliphatic heterocycles. The minimum Gasteiger partial charge on any atom is -0.373 e. The Labute approximate surface area is 84.3 Å². The zero-order valence-corrected chi connectivity index (χ0v) is 8.75. The van der Waals surface area contributed by atoms with Gasteiger partial charge in [0.1, 0.15) is 6.29 Å². The van der Waals surface area contributed by atoms with E-state index < -0.39 is 0 Å². The highest BCUT2D eigenvalue weighted by molar-refractivity contribution is 5.77. The van der Waals surface area contributed by atoms with Crippen LogP contribution in [0.4, 0.5) is 0 Å². The Morgan fingerprint density at radius 3 is 2.86 bits per heavy atom. The molecule has 0 amide bonds. The molecule has 2 nitrogen and oxygen atoms in total. The summed E-state index contributed by atoms with van der Waals surface area (Å²) in [5.41, 5.74) is 1.16. The van der Waals surface area contributed by atoms with Crippen molar-refractivity contribution in [1.29, 1.82) is 0 Å². The third-order valence-corrected chi connectivity index (χ3v) is 5.03. The van der Waals surface area contributed by atoms with Gasteiger partial charge in [0.25, 0.3) is 0 Å². The van der Waals surface area contributed by atoms with E-state index in [1.807, 2.05) is 0 Å². The fourth-order valence-electron chi connectivity index (χ4n) is 3.80. The molecule has 2 bridgehead atoms. The summed E-state index contributed by atoms with van der Waals surface area (Å²) in [7, 11) is 0. The van der Waals surface area contributed by atoms with Gasteiger partial charge in [0.15, 0.2) is 0 Å². The number of carbonyl (C=O) groups is 1. The van der Waals surface area contributed by atoms with E-state index >= 15 is 0 Å². The summed E-state index contributed by atoms with van der Waals surface area (Å²) in [6.45, 7) is 4.49. The molecule has 2 heteroatoms. The van der Waals surface area contributed by atoms with Crippen molar-refractivity contribution >= 4 is 6.29 Å². The number of carbonyl (C=O) groups excluding carboxylic acids is 1. The maximum atomic E-state index is 11.0. The van der Waals surface area contributed by atoms with Crippen molar-refractivity contribution in [2.24, 2.45) is 10.8 Å². The van der Waals surface area contributed by atoms with Crippen LogP contribution in [0, 0.1) is 10.8 Å². The fourth-order valence-corrected chi connectivity index (χ4v) is 3.80. The second-order valence-corrected chi connectivity index (χ2v) is 5.29. The number of allylic oxidation sites excluding steroid dienone is 1. The molecule has 0 spiro atoms. The van der Waals surface area contributed by atoms with Crippen molar-refractivity contribution in [1.82, 2.24) is 0 Å². The zero-order chi connectivity index (χ0) is 9.97. The van der Waals surface area contributed by atoms with Crippen LogP contribution < -0.4 is 0 Å². The Balaban J connectivity index is 2.13. The van der Waals surface area contributed by atoms with Gasteiger partial charge >= 0.3 is 0 Å². The van der Waals surface area contributed by atoms with Gasteiger partial charge in [0, 0.05) is 10.8 Å². The first-order valence-electron chi connectivity index (χ1n) is 5.44. The minimum absolute atomic E-state index is 0.00231. The molecule has 14 heavy (non-hydrogen) atoms. The summed E-state index contributed by atoms with van der Waals surface area (Å²) in [6.07, 6.45) is 7.15. The number of aldehydes is 1. The molecular weight excluding hydrogens is 176 g/mol. The second kappa shape index (κ2) is 2.30. The largest absolute Gasteiger partial charge is 0.373 e. The van der Waals surface area contributed by atoms with Gasteiger partial charge < -0.3 is 4.74 Å². The summed E-state index contributed by atoms with van der Waals surface area (Å²) < 4.78 is 5.98. The Kier molecular flexibility index (Phi) is 1.42. The first kappa shape index (κ1) is 8.66. The van der Waals surface area contributed by atoms with Crippen LogP contribution in [0.2, 0.25) is 0 Å². The molecule has 76 valence electrons. The lowest BCUT2D eigenvalue weighted by Crippen LogP contribution is -2.44. The monoisotopic (exact) mass is 192 g/mol. The highest BCUT2D eigenvalue weighted by atomic mass is 16.5. The van der Waals surface area contributed by atoms with Crippen molar-refractivity contribution in [3.8, 4) is 0 Å². The van der Waals surface area contributed by atoms with Gasteiger partial charge in [-0.05, 0) is 24.8 Å². The van der Waals surface area contributed by atoms with Gasteiger partial charge in [0.2, 0.25) is 0 Å². The molecule has 0 N–H and O–H groups in total. The normalized spacial score (nSPS) is 54.6. The number of hydrogen-bond donors (Lipinski definition) is 0. The zero-order valence-electron chi connectivity index (χ0n) is 8.75. The van der Waals surface area contributed by atoms with E-state index in [-0.39, 0.29) is 16.9 Å². The second-order valence-electron chi connectivity index (χ2n) is 5.29. The lowest BCUT2D eigenvalue weighted by molar-refractivity contribution is -0.106. The Morgan fingerprint density at radius 1 is 1.43 bits per heavy atom. The number of ether oxygens (including phenoxy) is 1. The van der Waals surface area contributed by atoms with Gasteiger partial charge in [-0.2, -0.15) is 0 Å². The average Bonchev–Trinajstić information content (AvgIpc) is 2.77. The summed E-state index contributed by atoms with van der Waals surface area (Å²) in [4.78, 5) is 11.0. The van der Waals surface area contributed by atoms with Crippen LogP contribution >= 0.6 is 0 Å². The Hall–Kier alpha value is -0.630. The van der Waals surface area contributed by atoms with Crippen molar-refractivity contribution in [3.05, 3.63) is 11.6 Å². The summed E-state index contributed by atoms with van der Waals surface area (Å²) in [5.74, 6) is 0. The SMILES string of the molecule is CC12CC=C(C=O)C1(C)C1CCC2O1. The van der Waals surface area contributed by atoms with E-state index in [2.05, 4.69) is 19.9 Å². The standard InChI is InChI=1S/C12H16O2/c1-11-6-5-8(7-13)12(11,2)10-4-3-9(11)14-10/h5,7,9-10H,3-4,6H2,1-2H3. The predicted molar refractivity (Wildman–Crippen MR) is 52.9 cm³/mol. The van der Waals surface area contributed by atoms with Crippen molar-refractivity contribution in [3.63, 3.8) is 0 Å². The minimum atomic E-state index is -0.00231. The quantitative estimate of drug-likeness (QED) is 0.595. The van der Waals surface area contributed by atoms with Gasteiger partial charge in [-0.25, -0.2) is 0 Å². The van der Waals surface area contributed by atoms with Crippen LogP contribution in [-0.2, 0) is 9.53 Å². The van der Waals surface area contributed by atoms with Crippen molar-refractivity contribution < 1.29 is 9.53 Å². The van der Waals surface area contributed by atoms with E-state index in [9.17, 15) is 4.79 Å². The Morgan fingerprint density at radius 2 is 2.14 bits per heavy atom. The van der Waals surface area contributed by atoms with Crippen molar-refractivity contribution in [2.45, 2.75) is 45.3 Å². The Bertz CT molecular complexity index is 333. The molecule has 2 heterocycles. The summed E-state index contributed by atoms with van der Waals surface area (Å²) >= 11 is 0. The molecule has 3 aliphatic rings.